The lowest BCUT2D eigenvalue weighted by Gasteiger charge is -2.55. The van der Waals surface area contributed by atoms with E-state index in [-0.39, 0.29) is 11.9 Å². The number of ether oxygens (including phenoxy) is 1. The molecule has 6 heteroatoms. The van der Waals surface area contributed by atoms with Crippen LogP contribution in [-0.2, 0) is 0 Å². The van der Waals surface area contributed by atoms with Crippen LogP contribution in [0, 0.1) is 0 Å². The molecule has 2 atom stereocenters. The number of benzene rings is 2. The van der Waals surface area contributed by atoms with Crippen molar-refractivity contribution in [3.63, 3.8) is 0 Å². The zero-order valence-electron chi connectivity index (χ0n) is 15.2. The van der Waals surface area contributed by atoms with Gasteiger partial charge in [0.15, 0.2) is 10.8 Å². The van der Waals surface area contributed by atoms with Crippen molar-refractivity contribution >= 4 is 40.3 Å². The van der Waals surface area contributed by atoms with E-state index in [1.165, 1.54) is 11.3 Å². The number of hydrogen-bond acceptors (Lipinski definition) is 4. The predicted molar refractivity (Wildman–Crippen MR) is 115 cm³/mol. The molecule has 28 heavy (non-hydrogen) atoms. The molecule has 2 aliphatic heterocycles. The third kappa shape index (κ3) is 2.56. The highest BCUT2D eigenvalue weighted by Crippen LogP contribution is 2.49. The molecule has 0 saturated carbocycles. The van der Waals surface area contributed by atoms with Gasteiger partial charge in [0.05, 0.1) is 10.9 Å². The Morgan fingerprint density at radius 1 is 1.11 bits per heavy atom. The van der Waals surface area contributed by atoms with Gasteiger partial charge in [-0.2, -0.15) is 0 Å². The van der Waals surface area contributed by atoms with Crippen LogP contribution in [0.2, 0.25) is 0 Å². The Labute approximate surface area is 173 Å². The van der Waals surface area contributed by atoms with Crippen molar-refractivity contribution in [2.75, 3.05) is 4.90 Å². The average molecular weight is 407 g/mol. The molecule has 1 aromatic heterocycles. The minimum absolute atomic E-state index is 0.0651. The number of thiophene rings is 1. The van der Waals surface area contributed by atoms with Crippen molar-refractivity contribution < 1.29 is 9.53 Å². The normalized spacial score (nSPS) is 23.2. The molecule has 3 aromatic rings. The highest BCUT2D eigenvalue weighted by molar-refractivity contribution is 7.80. The summed E-state index contributed by atoms with van der Waals surface area (Å²) >= 11 is 7.33. The van der Waals surface area contributed by atoms with Gasteiger partial charge in [0.25, 0.3) is 5.91 Å². The van der Waals surface area contributed by atoms with Crippen LogP contribution in [0.25, 0.3) is 0 Å². The standard InChI is InChI=1S/C22H18N2O2S2/c1-22-14-17(16-10-5-6-11-18(16)26-22)23(20(25)19-12-7-13-28-19)21(27)24(22)15-8-3-2-4-9-15/h2-13,17H,14H2,1H3/t17-,22-/m0/s1. The smallest absolute Gasteiger partial charge is 0.270 e. The summed E-state index contributed by atoms with van der Waals surface area (Å²) in [5, 5.41) is 2.38. The van der Waals surface area contributed by atoms with Crippen LogP contribution in [0.4, 0.5) is 5.69 Å². The maximum absolute atomic E-state index is 13.4. The second kappa shape index (κ2) is 6.43. The summed E-state index contributed by atoms with van der Waals surface area (Å²) in [7, 11) is 0. The van der Waals surface area contributed by atoms with Crippen LogP contribution in [0.5, 0.6) is 5.75 Å². The molecule has 2 bridgehead atoms. The van der Waals surface area contributed by atoms with Crippen molar-refractivity contribution in [1.29, 1.82) is 0 Å². The minimum atomic E-state index is -0.663. The monoisotopic (exact) mass is 406 g/mol. The van der Waals surface area contributed by atoms with Crippen molar-refractivity contribution in [2.45, 2.75) is 25.1 Å². The lowest BCUT2D eigenvalue weighted by molar-refractivity contribution is 0.0186. The molecule has 0 aliphatic carbocycles. The van der Waals surface area contributed by atoms with Gasteiger partial charge in [0.1, 0.15) is 5.75 Å². The maximum Gasteiger partial charge on any atom is 0.270 e. The molecule has 0 spiro atoms. The quantitative estimate of drug-likeness (QED) is 0.545. The van der Waals surface area contributed by atoms with Gasteiger partial charge in [-0.1, -0.05) is 42.5 Å². The van der Waals surface area contributed by atoms with Gasteiger partial charge in [-0.15, -0.1) is 11.3 Å². The Kier molecular flexibility index (Phi) is 4.00. The van der Waals surface area contributed by atoms with E-state index in [9.17, 15) is 4.79 Å². The number of fused-ring (bicyclic) bond motifs is 4. The number of rotatable bonds is 2. The number of thiocarbonyl (C=S) groups is 1. The average Bonchev–Trinajstić information content (AvgIpc) is 3.23. The van der Waals surface area contributed by atoms with Crippen molar-refractivity contribution in [3.05, 3.63) is 82.6 Å². The first-order valence-corrected chi connectivity index (χ1v) is 10.4. The molecular weight excluding hydrogens is 388 g/mol. The molecule has 2 aromatic carbocycles. The van der Waals surface area contributed by atoms with Crippen molar-refractivity contribution in [3.8, 4) is 5.75 Å². The Morgan fingerprint density at radius 2 is 1.86 bits per heavy atom. The first-order chi connectivity index (χ1) is 13.6. The van der Waals surface area contributed by atoms with E-state index < -0.39 is 5.72 Å². The number of nitrogens with zero attached hydrogens (tertiary/aromatic N) is 2. The SMILES string of the molecule is C[C@@]12C[C@@H](c3ccccc3O1)N(C(=O)c1cccs1)C(=S)N2c1ccccc1. The molecule has 0 N–H and O–H groups in total. The third-order valence-electron chi connectivity index (χ3n) is 5.33. The number of anilines is 1. The second-order valence-electron chi connectivity index (χ2n) is 7.14. The Bertz CT molecular complexity index is 1050. The minimum Gasteiger partial charge on any atom is -0.467 e. The van der Waals surface area contributed by atoms with Gasteiger partial charge in [0, 0.05) is 17.7 Å². The number of hydrogen-bond donors (Lipinski definition) is 0. The summed E-state index contributed by atoms with van der Waals surface area (Å²) in [5.41, 5.74) is 1.25. The summed E-state index contributed by atoms with van der Waals surface area (Å²) in [6.45, 7) is 2.04. The van der Waals surface area contributed by atoms with E-state index in [1.54, 1.807) is 4.90 Å². The van der Waals surface area contributed by atoms with Crippen LogP contribution in [0.15, 0.2) is 72.1 Å². The van der Waals surface area contributed by atoms with E-state index in [4.69, 9.17) is 17.0 Å². The van der Waals surface area contributed by atoms with E-state index in [0.717, 1.165) is 17.0 Å². The molecule has 3 heterocycles. The van der Waals surface area contributed by atoms with E-state index >= 15 is 0 Å². The van der Waals surface area contributed by atoms with Crippen LogP contribution in [-0.4, -0.2) is 21.6 Å². The number of amides is 1. The van der Waals surface area contributed by atoms with Gasteiger partial charge >= 0.3 is 0 Å². The Hall–Kier alpha value is -2.70. The lowest BCUT2D eigenvalue weighted by Crippen LogP contribution is -2.67. The van der Waals surface area contributed by atoms with Crippen molar-refractivity contribution in [2.24, 2.45) is 0 Å². The summed E-state index contributed by atoms with van der Waals surface area (Å²) < 4.78 is 6.45. The second-order valence-corrected chi connectivity index (χ2v) is 8.45. The molecule has 1 amide bonds. The maximum atomic E-state index is 13.4. The van der Waals surface area contributed by atoms with Crippen LogP contribution in [0.1, 0.15) is 34.6 Å². The van der Waals surface area contributed by atoms with Gasteiger partial charge in [-0.05, 0) is 48.8 Å². The van der Waals surface area contributed by atoms with Gasteiger partial charge in [0.2, 0.25) is 0 Å². The molecule has 0 radical (unpaired) electrons. The summed E-state index contributed by atoms with van der Waals surface area (Å²) in [6.07, 6.45) is 0.635. The van der Waals surface area contributed by atoms with E-state index in [0.29, 0.717) is 16.4 Å². The molecule has 0 unspecified atom stereocenters. The van der Waals surface area contributed by atoms with Crippen LogP contribution in [0.3, 0.4) is 0 Å². The first-order valence-electron chi connectivity index (χ1n) is 9.13. The zero-order valence-corrected chi connectivity index (χ0v) is 16.9. The molecule has 4 nitrogen and oxygen atoms in total. The van der Waals surface area contributed by atoms with E-state index in [2.05, 4.69) is 0 Å². The summed E-state index contributed by atoms with van der Waals surface area (Å²) in [4.78, 5) is 17.9. The fourth-order valence-electron chi connectivity index (χ4n) is 4.11. The molecule has 1 saturated heterocycles. The number of carbonyl (C=O) groups is 1. The Morgan fingerprint density at radius 3 is 2.61 bits per heavy atom. The van der Waals surface area contributed by atoms with Gasteiger partial charge < -0.3 is 4.74 Å². The fraction of sp³-hybridized carbons (Fsp3) is 0.182. The third-order valence-corrected chi connectivity index (χ3v) is 6.56. The fourth-order valence-corrected chi connectivity index (χ4v) is 5.28. The lowest BCUT2D eigenvalue weighted by atomic mass is 9.88. The first kappa shape index (κ1) is 17.4. The summed E-state index contributed by atoms with van der Waals surface area (Å²) in [6, 6.07) is 21.4. The summed E-state index contributed by atoms with van der Waals surface area (Å²) in [5.74, 6) is 0.735. The zero-order chi connectivity index (χ0) is 19.3. The van der Waals surface area contributed by atoms with E-state index in [1.807, 2.05) is 83.9 Å². The van der Waals surface area contributed by atoms with Gasteiger partial charge in [-0.25, -0.2) is 0 Å². The molecule has 2 aliphatic rings. The number of para-hydroxylation sites is 2. The molecule has 5 rings (SSSR count). The van der Waals surface area contributed by atoms with Gasteiger partial charge in [-0.3, -0.25) is 14.6 Å². The molecular formula is C22H18N2O2S2. The molecule has 1 fully saturated rings. The highest BCUT2D eigenvalue weighted by Gasteiger charge is 2.53. The Balaban J connectivity index is 1.69. The van der Waals surface area contributed by atoms with Crippen molar-refractivity contribution in [1.82, 2.24) is 4.90 Å². The predicted octanol–water partition coefficient (Wildman–Crippen LogP) is 5.24. The highest BCUT2D eigenvalue weighted by atomic mass is 32.1. The topological polar surface area (TPSA) is 32.8 Å². The number of carbonyl (C=O) groups excluding carboxylic acids is 1. The molecule has 140 valence electrons. The van der Waals surface area contributed by atoms with Crippen LogP contribution >= 0.6 is 23.6 Å². The van der Waals surface area contributed by atoms with Crippen LogP contribution < -0.4 is 9.64 Å². The largest absolute Gasteiger partial charge is 0.467 e.